The normalized spacial score (nSPS) is 27.3. The van der Waals surface area contributed by atoms with Crippen LogP contribution in [-0.4, -0.2) is 65.7 Å². The van der Waals surface area contributed by atoms with Crippen molar-refractivity contribution in [2.75, 3.05) is 32.7 Å². The molecule has 0 radical (unpaired) electrons. The lowest BCUT2D eigenvalue weighted by molar-refractivity contribution is -0.146. The molecule has 0 aromatic heterocycles. The van der Waals surface area contributed by atoms with Crippen molar-refractivity contribution in [3.05, 3.63) is 28.2 Å². The van der Waals surface area contributed by atoms with Crippen molar-refractivity contribution < 1.29 is 14.6 Å². The minimum Gasteiger partial charge on any atom is -0.490 e. The predicted octanol–water partition coefficient (Wildman–Crippen LogP) is 5.19. The Hall–Kier alpha value is -1.01. The molecule has 0 bridgehead atoms. The molecule has 1 N–H and O–H groups in total. The molecule has 1 aromatic rings. The smallest absolute Gasteiger partial charge is 0.308 e. The molecule has 3 aliphatic rings. The quantitative estimate of drug-likeness (QED) is 0.622. The standard InChI is InChI=1S/C24H34Cl2N2O3/c25-21-6-5-19(15-22(21)26)31-18-9-11-27(12-10-18)16-17-7-13-28(14-8-17)23-4-2-1-3-20(23)24(29)30/h5-6,15,17-18,20,23H,1-4,7-14,16H2,(H,29,30)/t20-,23+/m0/s1. The van der Waals surface area contributed by atoms with E-state index in [0.29, 0.717) is 10.0 Å². The van der Waals surface area contributed by atoms with Gasteiger partial charge in [0.15, 0.2) is 0 Å². The van der Waals surface area contributed by atoms with Crippen LogP contribution in [-0.2, 0) is 4.79 Å². The van der Waals surface area contributed by atoms with Gasteiger partial charge in [-0.2, -0.15) is 0 Å². The first-order valence-electron chi connectivity index (χ1n) is 11.8. The Labute approximate surface area is 195 Å². The fraction of sp³-hybridized carbons (Fsp3) is 0.708. The van der Waals surface area contributed by atoms with Gasteiger partial charge >= 0.3 is 5.97 Å². The molecule has 0 spiro atoms. The first-order chi connectivity index (χ1) is 15.0. The largest absolute Gasteiger partial charge is 0.490 e. The van der Waals surface area contributed by atoms with Gasteiger partial charge in [0.25, 0.3) is 0 Å². The van der Waals surface area contributed by atoms with E-state index in [2.05, 4.69) is 9.80 Å². The van der Waals surface area contributed by atoms with E-state index in [1.807, 2.05) is 6.07 Å². The van der Waals surface area contributed by atoms with Crippen LogP contribution in [0, 0.1) is 11.8 Å². The van der Waals surface area contributed by atoms with Crippen LogP contribution in [0.4, 0.5) is 0 Å². The van der Waals surface area contributed by atoms with E-state index < -0.39 is 5.97 Å². The summed E-state index contributed by atoms with van der Waals surface area (Å²) >= 11 is 12.1. The summed E-state index contributed by atoms with van der Waals surface area (Å²) in [5.74, 6) is 0.746. The van der Waals surface area contributed by atoms with Crippen molar-refractivity contribution in [3.8, 4) is 5.75 Å². The second kappa shape index (κ2) is 10.7. The number of hydrogen-bond donors (Lipinski definition) is 1. The molecule has 2 heterocycles. The highest BCUT2D eigenvalue weighted by Crippen LogP contribution is 2.32. The molecular weight excluding hydrogens is 435 g/mol. The van der Waals surface area contributed by atoms with E-state index in [-0.39, 0.29) is 18.1 Å². The fourth-order valence-corrected chi connectivity index (χ4v) is 5.91. The van der Waals surface area contributed by atoms with Crippen LogP contribution in [0.1, 0.15) is 51.4 Å². The Morgan fingerprint density at radius 3 is 2.35 bits per heavy atom. The van der Waals surface area contributed by atoms with Gasteiger partial charge < -0.3 is 14.7 Å². The maximum Gasteiger partial charge on any atom is 0.308 e. The first-order valence-corrected chi connectivity index (χ1v) is 12.6. The third-order valence-corrected chi connectivity index (χ3v) is 8.15. The van der Waals surface area contributed by atoms with Crippen LogP contribution in [0.5, 0.6) is 5.75 Å². The Morgan fingerprint density at radius 2 is 1.68 bits per heavy atom. The minimum absolute atomic E-state index is 0.167. The Balaban J connectivity index is 1.19. The molecular formula is C24H34Cl2N2O3. The third kappa shape index (κ3) is 6.07. The van der Waals surface area contributed by atoms with E-state index >= 15 is 0 Å². The van der Waals surface area contributed by atoms with Crippen molar-refractivity contribution in [1.29, 1.82) is 0 Å². The average Bonchev–Trinajstić information content (AvgIpc) is 2.78. The van der Waals surface area contributed by atoms with Gasteiger partial charge in [0.05, 0.1) is 16.0 Å². The van der Waals surface area contributed by atoms with Crippen LogP contribution >= 0.6 is 23.2 Å². The number of likely N-dealkylation sites (tertiary alicyclic amines) is 2. The first kappa shape index (κ1) is 23.2. The van der Waals surface area contributed by atoms with Crippen molar-refractivity contribution in [2.24, 2.45) is 11.8 Å². The van der Waals surface area contributed by atoms with Gasteiger partial charge in [-0.3, -0.25) is 9.69 Å². The van der Waals surface area contributed by atoms with Gasteiger partial charge in [0.1, 0.15) is 11.9 Å². The van der Waals surface area contributed by atoms with E-state index in [1.165, 1.54) is 19.3 Å². The Kier molecular flexibility index (Phi) is 8.02. The molecule has 0 unspecified atom stereocenters. The number of nitrogens with zero attached hydrogens (tertiary/aromatic N) is 2. The second-order valence-electron chi connectivity index (χ2n) is 9.47. The number of hydrogen-bond acceptors (Lipinski definition) is 4. The monoisotopic (exact) mass is 468 g/mol. The van der Waals surface area contributed by atoms with Crippen LogP contribution in [0.25, 0.3) is 0 Å². The molecule has 172 valence electrons. The third-order valence-electron chi connectivity index (χ3n) is 7.41. The number of piperidine rings is 2. The summed E-state index contributed by atoms with van der Waals surface area (Å²) < 4.78 is 6.12. The predicted molar refractivity (Wildman–Crippen MR) is 124 cm³/mol. The summed E-state index contributed by atoms with van der Waals surface area (Å²) in [7, 11) is 0. The number of halogens is 2. The summed E-state index contributed by atoms with van der Waals surface area (Å²) in [6, 6.07) is 5.72. The average molecular weight is 469 g/mol. The van der Waals surface area contributed by atoms with Gasteiger partial charge in [0.2, 0.25) is 0 Å². The van der Waals surface area contributed by atoms with Gasteiger partial charge in [-0.1, -0.05) is 36.0 Å². The van der Waals surface area contributed by atoms with Gasteiger partial charge in [-0.15, -0.1) is 0 Å². The molecule has 1 aromatic carbocycles. The highest BCUT2D eigenvalue weighted by Gasteiger charge is 2.36. The summed E-state index contributed by atoms with van der Waals surface area (Å²) in [4.78, 5) is 16.7. The lowest BCUT2D eigenvalue weighted by Gasteiger charge is -2.43. The number of benzene rings is 1. The fourth-order valence-electron chi connectivity index (χ4n) is 5.62. The highest BCUT2D eigenvalue weighted by atomic mass is 35.5. The zero-order valence-electron chi connectivity index (χ0n) is 18.1. The van der Waals surface area contributed by atoms with Crippen molar-refractivity contribution in [3.63, 3.8) is 0 Å². The van der Waals surface area contributed by atoms with Crippen LogP contribution in [0.2, 0.25) is 10.0 Å². The van der Waals surface area contributed by atoms with Crippen LogP contribution in [0.3, 0.4) is 0 Å². The van der Waals surface area contributed by atoms with E-state index in [1.54, 1.807) is 12.1 Å². The molecule has 1 aliphatic carbocycles. The molecule has 31 heavy (non-hydrogen) atoms. The molecule has 3 fully saturated rings. The number of rotatable bonds is 6. The second-order valence-corrected chi connectivity index (χ2v) is 10.3. The molecule has 2 saturated heterocycles. The van der Waals surface area contributed by atoms with E-state index in [4.69, 9.17) is 27.9 Å². The number of carboxylic acid groups (broad SMARTS) is 1. The van der Waals surface area contributed by atoms with Crippen LogP contribution < -0.4 is 4.74 Å². The summed E-state index contributed by atoms with van der Waals surface area (Å²) in [5, 5.41) is 10.7. The number of aliphatic carboxylic acids is 1. The van der Waals surface area contributed by atoms with Crippen molar-refractivity contribution in [1.82, 2.24) is 9.80 Å². The van der Waals surface area contributed by atoms with Crippen molar-refractivity contribution in [2.45, 2.75) is 63.5 Å². The number of ether oxygens (including phenoxy) is 1. The molecule has 2 atom stereocenters. The number of carbonyl (C=O) groups is 1. The van der Waals surface area contributed by atoms with Gasteiger partial charge in [-0.05, 0) is 69.7 Å². The SMILES string of the molecule is O=C(O)[C@H]1CCCC[C@H]1N1CCC(CN2CCC(Oc3ccc(Cl)c(Cl)c3)CC2)CC1. The lowest BCUT2D eigenvalue weighted by atomic mass is 9.82. The van der Waals surface area contributed by atoms with Crippen LogP contribution in [0.15, 0.2) is 18.2 Å². The minimum atomic E-state index is -0.599. The molecule has 7 heteroatoms. The van der Waals surface area contributed by atoms with E-state index in [0.717, 1.165) is 76.5 Å². The van der Waals surface area contributed by atoms with Crippen molar-refractivity contribution >= 4 is 29.2 Å². The summed E-state index contributed by atoms with van der Waals surface area (Å²) in [5.41, 5.74) is 0. The Bertz CT molecular complexity index is 746. The lowest BCUT2D eigenvalue weighted by Crippen LogP contribution is -2.50. The van der Waals surface area contributed by atoms with E-state index in [9.17, 15) is 9.90 Å². The Morgan fingerprint density at radius 1 is 0.968 bits per heavy atom. The molecule has 0 amide bonds. The number of carboxylic acids is 1. The maximum atomic E-state index is 11.7. The molecule has 1 saturated carbocycles. The molecule has 5 nitrogen and oxygen atoms in total. The molecule has 4 rings (SSSR count). The summed E-state index contributed by atoms with van der Waals surface area (Å²) in [6.45, 7) is 5.39. The molecule has 2 aliphatic heterocycles. The topological polar surface area (TPSA) is 53.0 Å². The van der Waals surface area contributed by atoms with Gasteiger partial charge in [-0.25, -0.2) is 0 Å². The van der Waals surface area contributed by atoms with Gasteiger partial charge in [0, 0.05) is 31.7 Å². The zero-order valence-corrected chi connectivity index (χ0v) is 19.7. The summed E-state index contributed by atoms with van der Waals surface area (Å²) in [6.07, 6.45) is 8.79. The highest BCUT2D eigenvalue weighted by molar-refractivity contribution is 6.42. The zero-order chi connectivity index (χ0) is 21.8. The maximum absolute atomic E-state index is 11.7.